The molecule has 0 saturated carbocycles. The Morgan fingerprint density at radius 3 is 2.65 bits per heavy atom. The van der Waals surface area contributed by atoms with E-state index in [1.54, 1.807) is 12.1 Å². The van der Waals surface area contributed by atoms with Crippen LogP contribution < -0.4 is 11.1 Å². The molecule has 0 saturated heterocycles. The highest BCUT2D eigenvalue weighted by Gasteiger charge is 2.23. The number of nitrogen functional groups attached to an aromatic ring is 1. The van der Waals surface area contributed by atoms with Crippen molar-refractivity contribution >= 4 is 23.3 Å². The van der Waals surface area contributed by atoms with E-state index in [-0.39, 0.29) is 22.9 Å². The molecular weight excluding hydrogens is 296 g/mol. The van der Waals surface area contributed by atoms with Gasteiger partial charge < -0.3 is 20.4 Å². The lowest BCUT2D eigenvalue weighted by Crippen LogP contribution is -2.14. The number of esters is 1. The van der Waals surface area contributed by atoms with Crippen LogP contribution in [-0.2, 0) is 9.53 Å². The lowest BCUT2D eigenvalue weighted by molar-refractivity contribution is -0.114. The average molecular weight is 312 g/mol. The van der Waals surface area contributed by atoms with Crippen LogP contribution in [0.25, 0.3) is 5.69 Å². The number of carbonyl (C=O) groups is 2. The number of aryl methyl sites for hydroxylation is 1. The number of nitriles is 1. The number of nitrogens with two attached hydrogens (primary N) is 1. The molecule has 1 heterocycles. The van der Waals surface area contributed by atoms with Crippen molar-refractivity contribution in [2.75, 3.05) is 18.2 Å². The van der Waals surface area contributed by atoms with E-state index in [1.807, 2.05) is 19.1 Å². The van der Waals surface area contributed by atoms with E-state index in [2.05, 4.69) is 5.32 Å². The van der Waals surface area contributed by atoms with Crippen molar-refractivity contribution in [1.82, 2.24) is 4.57 Å². The fraction of sp³-hybridized carbons (Fsp3) is 0.188. The summed E-state index contributed by atoms with van der Waals surface area (Å²) in [4.78, 5) is 23.5. The van der Waals surface area contributed by atoms with Gasteiger partial charge in [0.2, 0.25) is 5.91 Å². The molecular formula is C16H16N4O3. The van der Waals surface area contributed by atoms with Gasteiger partial charge in [-0.2, -0.15) is 5.26 Å². The molecule has 0 aliphatic heterocycles. The third-order valence-corrected chi connectivity index (χ3v) is 3.27. The van der Waals surface area contributed by atoms with Gasteiger partial charge in [-0.1, -0.05) is 6.07 Å². The first-order valence-corrected chi connectivity index (χ1v) is 6.77. The van der Waals surface area contributed by atoms with Crippen molar-refractivity contribution in [3.8, 4) is 11.8 Å². The number of carbonyl (C=O) groups excluding carboxylic acids is 2. The predicted molar refractivity (Wildman–Crippen MR) is 85.3 cm³/mol. The predicted octanol–water partition coefficient (Wildman–Crippen LogP) is 1.98. The summed E-state index contributed by atoms with van der Waals surface area (Å²) in [5.74, 6) is -0.922. The zero-order valence-corrected chi connectivity index (χ0v) is 13.0. The second-order valence-electron chi connectivity index (χ2n) is 4.98. The second kappa shape index (κ2) is 6.23. The van der Waals surface area contributed by atoms with Crippen LogP contribution in [0.1, 0.15) is 28.5 Å². The summed E-state index contributed by atoms with van der Waals surface area (Å²) in [6, 6.07) is 7.26. The van der Waals surface area contributed by atoms with E-state index >= 15 is 0 Å². The van der Waals surface area contributed by atoms with Crippen molar-refractivity contribution in [3.63, 3.8) is 0 Å². The first-order chi connectivity index (χ1) is 10.9. The van der Waals surface area contributed by atoms with Gasteiger partial charge in [-0.05, 0) is 24.6 Å². The van der Waals surface area contributed by atoms with E-state index in [9.17, 15) is 9.59 Å². The monoisotopic (exact) mass is 312 g/mol. The first kappa shape index (κ1) is 16.1. The van der Waals surface area contributed by atoms with Crippen LogP contribution in [0.2, 0.25) is 0 Å². The average Bonchev–Trinajstić information content (AvgIpc) is 2.84. The van der Waals surface area contributed by atoms with Crippen molar-refractivity contribution in [3.05, 3.63) is 41.2 Å². The molecule has 2 aromatic rings. The minimum absolute atomic E-state index is 0.0367. The highest BCUT2D eigenvalue weighted by molar-refractivity contribution is 5.97. The first-order valence-electron chi connectivity index (χ1n) is 6.77. The fourth-order valence-electron chi connectivity index (χ4n) is 2.24. The number of anilines is 2. The maximum absolute atomic E-state index is 12.1. The lowest BCUT2D eigenvalue weighted by atomic mass is 10.2. The maximum Gasteiger partial charge on any atom is 0.357 e. The summed E-state index contributed by atoms with van der Waals surface area (Å²) in [7, 11) is 1.23. The van der Waals surface area contributed by atoms with Crippen LogP contribution >= 0.6 is 0 Å². The Balaban J connectivity index is 2.76. The van der Waals surface area contributed by atoms with Crippen molar-refractivity contribution < 1.29 is 14.3 Å². The molecule has 23 heavy (non-hydrogen) atoms. The zero-order valence-electron chi connectivity index (χ0n) is 13.0. The summed E-state index contributed by atoms with van der Waals surface area (Å²) in [6.45, 7) is 3.26. The summed E-state index contributed by atoms with van der Waals surface area (Å²) >= 11 is 0. The normalized spacial score (nSPS) is 10.0. The summed E-state index contributed by atoms with van der Waals surface area (Å²) in [6.07, 6.45) is 1.45. The third kappa shape index (κ3) is 3.01. The molecule has 0 radical (unpaired) electrons. The van der Waals surface area contributed by atoms with Gasteiger partial charge in [-0.3, -0.25) is 4.79 Å². The van der Waals surface area contributed by atoms with E-state index in [0.717, 1.165) is 5.56 Å². The molecule has 2 rings (SSSR count). The molecule has 3 N–H and O–H groups in total. The van der Waals surface area contributed by atoms with Crippen LogP contribution in [0.3, 0.4) is 0 Å². The zero-order chi connectivity index (χ0) is 17.1. The third-order valence-electron chi connectivity index (χ3n) is 3.27. The lowest BCUT2D eigenvalue weighted by Gasteiger charge is -2.14. The van der Waals surface area contributed by atoms with Gasteiger partial charge in [0.25, 0.3) is 0 Å². The Hall–Kier alpha value is -3.27. The number of nitrogens with zero attached hydrogens (tertiary/aromatic N) is 2. The molecule has 0 atom stereocenters. The summed E-state index contributed by atoms with van der Waals surface area (Å²) in [5.41, 5.74) is 8.05. The number of methoxy groups -OCH3 is 1. The van der Waals surface area contributed by atoms with Gasteiger partial charge >= 0.3 is 5.97 Å². The van der Waals surface area contributed by atoms with Crippen molar-refractivity contribution in [2.45, 2.75) is 13.8 Å². The molecule has 118 valence electrons. The topological polar surface area (TPSA) is 110 Å². The van der Waals surface area contributed by atoms with Crippen molar-refractivity contribution in [1.29, 1.82) is 5.26 Å². The number of benzene rings is 1. The molecule has 7 nitrogen and oxygen atoms in total. The molecule has 0 bridgehead atoms. The van der Waals surface area contributed by atoms with E-state index in [1.165, 1.54) is 24.8 Å². The van der Waals surface area contributed by atoms with Crippen LogP contribution in [0.15, 0.2) is 24.4 Å². The van der Waals surface area contributed by atoms with E-state index in [4.69, 9.17) is 15.7 Å². The van der Waals surface area contributed by atoms with E-state index < -0.39 is 5.97 Å². The van der Waals surface area contributed by atoms with Crippen molar-refractivity contribution in [2.24, 2.45) is 0 Å². The SMILES string of the molecule is COC(=O)c1c(N)c(C#N)cn1-c1cc(C)ccc1NC(C)=O. The number of aromatic nitrogens is 1. The minimum Gasteiger partial charge on any atom is -0.464 e. The molecule has 0 aliphatic carbocycles. The molecule has 7 heteroatoms. The van der Waals surface area contributed by atoms with Crippen LogP contribution in [0.4, 0.5) is 11.4 Å². The molecule has 0 fully saturated rings. The fourth-order valence-corrected chi connectivity index (χ4v) is 2.24. The Kier molecular flexibility index (Phi) is 4.37. The van der Waals surface area contributed by atoms with Crippen LogP contribution in [0.5, 0.6) is 0 Å². The summed E-state index contributed by atoms with van der Waals surface area (Å²) in [5, 5.41) is 11.9. The van der Waals surface area contributed by atoms with Gasteiger partial charge in [0.15, 0.2) is 5.69 Å². The summed E-state index contributed by atoms with van der Waals surface area (Å²) < 4.78 is 6.21. The quantitative estimate of drug-likeness (QED) is 0.842. The van der Waals surface area contributed by atoms with Gasteiger partial charge in [0.05, 0.1) is 29.7 Å². The Labute approximate surface area is 133 Å². The number of hydrogen-bond donors (Lipinski definition) is 2. The molecule has 1 amide bonds. The Morgan fingerprint density at radius 1 is 1.39 bits per heavy atom. The number of amides is 1. The number of rotatable bonds is 3. The maximum atomic E-state index is 12.1. The number of ether oxygens (including phenoxy) is 1. The minimum atomic E-state index is -0.667. The van der Waals surface area contributed by atoms with Crippen LogP contribution in [0, 0.1) is 18.3 Å². The highest BCUT2D eigenvalue weighted by Crippen LogP contribution is 2.29. The molecule has 0 spiro atoms. The number of hydrogen-bond acceptors (Lipinski definition) is 5. The molecule has 0 aliphatic rings. The Bertz CT molecular complexity index is 831. The smallest absolute Gasteiger partial charge is 0.357 e. The van der Waals surface area contributed by atoms with E-state index in [0.29, 0.717) is 11.4 Å². The Morgan fingerprint density at radius 2 is 2.09 bits per heavy atom. The highest BCUT2D eigenvalue weighted by atomic mass is 16.5. The molecule has 1 aromatic heterocycles. The molecule has 1 aromatic carbocycles. The largest absolute Gasteiger partial charge is 0.464 e. The van der Waals surface area contributed by atoms with Crippen LogP contribution in [-0.4, -0.2) is 23.6 Å². The van der Waals surface area contributed by atoms with Gasteiger partial charge in [0.1, 0.15) is 6.07 Å². The molecule has 0 unspecified atom stereocenters. The van der Waals surface area contributed by atoms with Gasteiger partial charge in [-0.15, -0.1) is 0 Å². The number of nitrogens with one attached hydrogen (secondary N) is 1. The van der Waals surface area contributed by atoms with Gasteiger partial charge in [0, 0.05) is 13.1 Å². The second-order valence-corrected chi connectivity index (χ2v) is 4.98. The standard InChI is InChI=1S/C16H16N4O3/c1-9-4-5-12(19-10(2)21)13(6-9)20-8-11(7-17)14(18)15(20)16(22)23-3/h4-6,8H,18H2,1-3H3,(H,19,21). The van der Waals surface area contributed by atoms with Gasteiger partial charge in [-0.25, -0.2) is 4.79 Å².